The number of rotatable bonds is 4. The summed E-state index contributed by atoms with van der Waals surface area (Å²) in [6, 6.07) is 14.2. The van der Waals surface area contributed by atoms with Crippen molar-refractivity contribution in [2.45, 2.75) is 50.7 Å². The van der Waals surface area contributed by atoms with Crippen LogP contribution in [0.25, 0.3) is 0 Å². The van der Waals surface area contributed by atoms with Crippen molar-refractivity contribution in [1.82, 2.24) is 10.2 Å². The van der Waals surface area contributed by atoms with Gasteiger partial charge in [0.05, 0.1) is 10.6 Å². The number of benzene rings is 2. The maximum absolute atomic E-state index is 12.8. The zero-order valence-corrected chi connectivity index (χ0v) is 18.0. The van der Waals surface area contributed by atoms with Gasteiger partial charge in [-0.15, -0.1) is 0 Å². The summed E-state index contributed by atoms with van der Waals surface area (Å²) in [7, 11) is 2.13. The van der Waals surface area contributed by atoms with E-state index in [9.17, 15) is 4.79 Å². The number of nitrogens with zero attached hydrogens (tertiary/aromatic N) is 2. The van der Waals surface area contributed by atoms with Crippen molar-refractivity contribution in [3.8, 4) is 6.07 Å². The lowest BCUT2D eigenvalue weighted by molar-refractivity contribution is 0.0926. The molecule has 156 valence electrons. The normalized spacial score (nSPS) is 21.4. The highest BCUT2D eigenvalue weighted by molar-refractivity contribution is 6.32. The van der Waals surface area contributed by atoms with Crippen LogP contribution in [0.1, 0.15) is 52.7 Å². The maximum Gasteiger partial charge on any atom is 0.251 e. The van der Waals surface area contributed by atoms with Crippen LogP contribution >= 0.6 is 11.6 Å². The van der Waals surface area contributed by atoms with Crippen LogP contribution in [0, 0.1) is 11.3 Å². The number of nitrogens with one attached hydrogen (secondary N) is 2. The Bertz CT molecular complexity index is 976. The number of carbonyl (C=O) groups is 1. The lowest BCUT2D eigenvalue weighted by Gasteiger charge is -2.30. The molecule has 0 unspecified atom stereocenters. The van der Waals surface area contributed by atoms with E-state index in [1.807, 2.05) is 18.2 Å². The van der Waals surface area contributed by atoms with Gasteiger partial charge in [0, 0.05) is 36.4 Å². The van der Waals surface area contributed by atoms with Crippen LogP contribution in [0.4, 0.5) is 5.69 Å². The van der Waals surface area contributed by atoms with Crippen LogP contribution in [0.15, 0.2) is 36.4 Å². The molecule has 2 aromatic carbocycles. The predicted molar refractivity (Wildman–Crippen MR) is 120 cm³/mol. The quantitative estimate of drug-likeness (QED) is 0.768. The van der Waals surface area contributed by atoms with E-state index in [0.29, 0.717) is 16.6 Å². The Morgan fingerprint density at radius 1 is 1.10 bits per heavy atom. The number of anilines is 1. The number of nitriles is 1. The van der Waals surface area contributed by atoms with E-state index < -0.39 is 0 Å². The van der Waals surface area contributed by atoms with Crippen molar-refractivity contribution in [3.63, 3.8) is 0 Å². The van der Waals surface area contributed by atoms with E-state index in [1.54, 1.807) is 6.07 Å². The van der Waals surface area contributed by atoms with Gasteiger partial charge in [-0.05, 0) is 80.6 Å². The molecule has 2 aromatic rings. The average molecular weight is 423 g/mol. The first-order valence-corrected chi connectivity index (χ1v) is 11.0. The molecule has 0 saturated heterocycles. The zero-order chi connectivity index (χ0) is 21.1. The third kappa shape index (κ3) is 4.77. The Balaban J connectivity index is 1.29. The smallest absolute Gasteiger partial charge is 0.251 e. The number of amides is 1. The first-order valence-electron chi connectivity index (χ1n) is 10.6. The minimum absolute atomic E-state index is 0.0343. The SMILES string of the molecule is CN1CCc2cc(C(=O)NC3CCC(Nc4ccc(C#N)c(Cl)c4)CC3)ccc2C1. The minimum atomic E-state index is 0.0343. The van der Waals surface area contributed by atoms with Crippen LogP contribution in [0.5, 0.6) is 0 Å². The second-order valence-corrected chi connectivity index (χ2v) is 8.85. The molecule has 0 atom stereocenters. The van der Waals surface area contributed by atoms with E-state index >= 15 is 0 Å². The van der Waals surface area contributed by atoms with E-state index in [1.165, 1.54) is 11.1 Å². The molecule has 4 rings (SSSR count). The molecule has 0 bridgehead atoms. The first kappa shape index (κ1) is 20.7. The number of hydrogen-bond acceptors (Lipinski definition) is 4. The third-order valence-corrected chi connectivity index (χ3v) is 6.51. The van der Waals surface area contributed by atoms with Crippen molar-refractivity contribution in [2.75, 3.05) is 18.9 Å². The molecular weight excluding hydrogens is 396 g/mol. The zero-order valence-electron chi connectivity index (χ0n) is 17.2. The Morgan fingerprint density at radius 2 is 1.87 bits per heavy atom. The highest BCUT2D eigenvalue weighted by Crippen LogP contribution is 2.26. The molecule has 5 nitrogen and oxygen atoms in total. The van der Waals surface area contributed by atoms with Crippen LogP contribution in [0.3, 0.4) is 0 Å². The largest absolute Gasteiger partial charge is 0.382 e. The molecule has 1 aliphatic heterocycles. The molecule has 1 aliphatic carbocycles. The number of carbonyl (C=O) groups excluding carboxylic acids is 1. The Labute approximate surface area is 183 Å². The molecule has 0 aromatic heterocycles. The van der Waals surface area contributed by atoms with Gasteiger partial charge in [0.25, 0.3) is 5.91 Å². The summed E-state index contributed by atoms with van der Waals surface area (Å²) in [5, 5.41) is 16.2. The monoisotopic (exact) mass is 422 g/mol. The molecule has 30 heavy (non-hydrogen) atoms. The summed E-state index contributed by atoms with van der Waals surface area (Å²) in [4.78, 5) is 15.1. The lowest BCUT2D eigenvalue weighted by Crippen LogP contribution is -2.40. The van der Waals surface area contributed by atoms with Gasteiger partial charge < -0.3 is 15.5 Å². The molecule has 6 heteroatoms. The average Bonchev–Trinajstić information content (AvgIpc) is 2.75. The third-order valence-electron chi connectivity index (χ3n) is 6.19. The summed E-state index contributed by atoms with van der Waals surface area (Å²) in [6.07, 6.45) is 4.87. The summed E-state index contributed by atoms with van der Waals surface area (Å²) in [5.74, 6) is 0.0343. The molecule has 1 fully saturated rings. The van der Waals surface area contributed by atoms with E-state index in [4.69, 9.17) is 16.9 Å². The molecule has 0 spiro atoms. The molecular formula is C24H27ClN4O. The van der Waals surface area contributed by atoms with Gasteiger partial charge >= 0.3 is 0 Å². The molecule has 0 radical (unpaired) electrons. The van der Waals surface area contributed by atoms with Crippen molar-refractivity contribution in [1.29, 1.82) is 5.26 Å². The topological polar surface area (TPSA) is 68.2 Å². The number of hydrogen-bond donors (Lipinski definition) is 2. The molecule has 2 N–H and O–H groups in total. The van der Waals surface area contributed by atoms with Gasteiger partial charge in [-0.3, -0.25) is 4.79 Å². The van der Waals surface area contributed by atoms with Crippen LogP contribution in [-0.4, -0.2) is 36.5 Å². The van der Waals surface area contributed by atoms with E-state index in [0.717, 1.165) is 56.4 Å². The summed E-state index contributed by atoms with van der Waals surface area (Å²) in [6.45, 7) is 2.00. The highest BCUT2D eigenvalue weighted by atomic mass is 35.5. The maximum atomic E-state index is 12.8. The summed E-state index contributed by atoms with van der Waals surface area (Å²) in [5.41, 5.74) is 4.82. The summed E-state index contributed by atoms with van der Waals surface area (Å²) < 4.78 is 0. The molecule has 1 saturated carbocycles. The van der Waals surface area contributed by atoms with Crippen molar-refractivity contribution >= 4 is 23.2 Å². The Morgan fingerprint density at radius 3 is 2.60 bits per heavy atom. The Kier molecular flexibility index (Phi) is 6.26. The number of likely N-dealkylation sites (N-methyl/N-ethyl adjacent to an activating group) is 1. The second-order valence-electron chi connectivity index (χ2n) is 8.44. The van der Waals surface area contributed by atoms with E-state index in [-0.39, 0.29) is 11.9 Å². The standard InChI is InChI=1S/C24H27ClN4O/c1-29-11-10-16-12-17(2-3-19(16)15-29)24(30)28-21-8-6-20(7-9-21)27-22-5-4-18(14-26)23(25)13-22/h2-5,12-13,20-21,27H,6-11,15H2,1H3,(H,28,30). The van der Waals surface area contributed by atoms with Crippen molar-refractivity contribution in [3.05, 3.63) is 63.7 Å². The van der Waals surface area contributed by atoms with Crippen molar-refractivity contribution < 1.29 is 4.79 Å². The van der Waals surface area contributed by atoms with Crippen LogP contribution < -0.4 is 10.6 Å². The second kappa shape index (κ2) is 9.07. The summed E-state index contributed by atoms with van der Waals surface area (Å²) >= 11 is 6.12. The molecule has 1 amide bonds. The fourth-order valence-corrected chi connectivity index (χ4v) is 4.64. The fraction of sp³-hybridized carbons (Fsp3) is 0.417. The van der Waals surface area contributed by atoms with Gasteiger partial charge in [-0.25, -0.2) is 0 Å². The lowest BCUT2D eigenvalue weighted by atomic mass is 9.90. The first-order chi connectivity index (χ1) is 14.5. The van der Waals surface area contributed by atoms with Gasteiger partial charge in [0.2, 0.25) is 0 Å². The Hall–Kier alpha value is -2.55. The van der Waals surface area contributed by atoms with Gasteiger partial charge in [-0.1, -0.05) is 17.7 Å². The molecule has 1 heterocycles. The van der Waals surface area contributed by atoms with Crippen LogP contribution in [0.2, 0.25) is 5.02 Å². The highest BCUT2D eigenvalue weighted by Gasteiger charge is 2.23. The van der Waals surface area contributed by atoms with Gasteiger partial charge in [0.15, 0.2) is 0 Å². The van der Waals surface area contributed by atoms with Crippen molar-refractivity contribution in [2.24, 2.45) is 0 Å². The van der Waals surface area contributed by atoms with Gasteiger partial charge in [-0.2, -0.15) is 5.26 Å². The minimum Gasteiger partial charge on any atom is -0.382 e. The number of halogens is 1. The number of fused-ring (bicyclic) bond motifs is 1. The predicted octanol–water partition coefficient (Wildman–Crippen LogP) is 4.35. The van der Waals surface area contributed by atoms with Crippen LogP contribution in [-0.2, 0) is 13.0 Å². The fourth-order valence-electron chi connectivity index (χ4n) is 4.42. The molecule has 2 aliphatic rings. The van der Waals surface area contributed by atoms with Gasteiger partial charge in [0.1, 0.15) is 6.07 Å². The van der Waals surface area contributed by atoms with E-state index in [2.05, 4.69) is 40.8 Å².